The third-order valence-electron chi connectivity index (χ3n) is 4.61. The van der Waals surface area contributed by atoms with Crippen LogP contribution in [0, 0.1) is 6.92 Å². The third kappa shape index (κ3) is 5.73. The second-order valence-electron chi connectivity index (χ2n) is 6.97. The molecule has 2 aromatic rings. The highest BCUT2D eigenvalue weighted by Gasteiger charge is 2.38. The van der Waals surface area contributed by atoms with E-state index in [1.165, 1.54) is 11.8 Å². The predicted octanol–water partition coefficient (Wildman–Crippen LogP) is 4.15. The number of carbonyl (C=O) groups is 3. The first-order chi connectivity index (χ1) is 14.9. The van der Waals surface area contributed by atoms with Crippen molar-refractivity contribution in [2.45, 2.75) is 32.4 Å². The molecule has 0 aliphatic carbocycles. The lowest BCUT2D eigenvalue weighted by Crippen LogP contribution is -2.33. The molecule has 31 heavy (non-hydrogen) atoms. The number of benzene rings is 2. The average Bonchev–Trinajstić information content (AvgIpc) is 3.02. The van der Waals surface area contributed by atoms with E-state index >= 15 is 0 Å². The van der Waals surface area contributed by atoms with Crippen LogP contribution in [0.1, 0.15) is 36.2 Å². The van der Waals surface area contributed by atoms with Gasteiger partial charge in [-0.2, -0.15) is 0 Å². The maximum Gasteiger partial charge on any atom is 0.338 e. The third-order valence-corrected chi connectivity index (χ3v) is 5.79. The van der Waals surface area contributed by atoms with Crippen LogP contribution in [0.2, 0.25) is 0 Å². The molecular formula is C23H25N3O4S. The minimum atomic E-state index is -0.526. The molecule has 0 saturated carbocycles. The number of amidine groups is 1. The van der Waals surface area contributed by atoms with Gasteiger partial charge in [0.2, 0.25) is 11.8 Å². The van der Waals surface area contributed by atoms with E-state index in [1.807, 2.05) is 38.1 Å². The number of rotatable bonds is 7. The second kappa shape index (κ2) is 10.3. The smallest absolute Gasteiger partial charge is 0.338 e. The number of nitrogens with zero attached hydrogens (tertiary/aromatic N) is 2. The van der Waals surface area contributed by atoms with Crippen LogP contribution in [0.25, 0.3) is 0 Å². The molecule has 3 rings (SSSR count). The van der Waals surface area contributed by atoms with E-state index in [-0.39, 0.29) is 24.2 Å². The molecule has 2 aromatic carbocycles. The van der Waals surface area contributed by atoms with Gasteiger partial charge in [-0.15, -0.1) is 0 Å². The molecule has 1 N–H and O–H groups in total. The quantitative estimate of drug-likeness (QED) is 0.655. The number of esters is 1. The highest BCUT2D eigenvalue weighted by molar-refractivity contribution is 8.15. The van der Waals surface area contributed by atoms with Crippen molar-refractivity contribution in [3.8, 4) is 0 Å². The first-order valence-electron chi connectivity index (χ1n) is 10.1. The lowest BCUT2D eigenvalue weighted by molar-refractivity contribution is -0.128. The Bertz CT molecular complexity index is 1000. The number of hydrogen-bond donors (Lipinski definition) is 1. The van der Waals surface area contributed by atoms with Gasteiger partial charge < -0.3 is 10.1 Å². The van der Waals surface area contributed by atoms with Gasteiger partial charge in [-0.1, -0.05) is 23.9 Å². The van der Waals surface area contributed by atoms with E-state index in [0.29, 0.717) is 35.3 Å². The van der Waals surface area contributed by atoms with E-state index < -0.39 is 5.25 Å². The molecule has 8 heteroatoms. The van der Waals surface area contributed by atoms with E-state index in [9.17, 15) is 14.4 Å². The Morgan fingerprint density at radius 1 is 1.16 bits per heavy atom. The molecule has 2 amide bonds. The summed E-state index contributed by atoms with van der Waals surface area (Å²) in [4.78, 5) is 43.2. The molecule has 0 spiro atoms. The summed E-state index contributed by atoms with van der Waals surface area (Å²) in [6, 6.07) is 14.2. The maximum atomic E-state index is 12.8. The summed E-state index contributed by atoms with van der Waals surface area (Å²) >= 11 is 1.28. The Hall–Kier alpha value is -3.13. The van der Waals surface area contributed by atoms with Crippen molar-refractivity contribution < 1.29 is 19.1 Å². The monoisotopic (exact) mass is 439 g/mol. The van der Waals surface area contributed by atoms with E-state index in [1.54, 1.807) is 36.1 Å². The summed E-state index contributed by atoms with van der Waals surface area (Å²) in [6.07, 6.45) is 0.0642. The fourth-order valence-electron chi connectivity index (χ4n) is 3.12. The number of amides is 2. The number of hydrogen-bond acceptors (Lipinski definition) is 6. The van der Waals surface area contributed by atoms with Crippen molar-refractivity contribution in [1.29, 1.82) is 0 Å². The van der Waals surface area contributed by atoms with Crippen LogP contribution in [0.5, 0.6) is 0 Å². The molecule has 1 aliphatic rings. The average molecular weight is 440 g/mol. The molecule has 1 atom stereocenters. The summed E-state index contributed by atoms with van der Waals surface area (Å²) in [5.74, 6) is -0.733. The van der Waals surface area contributed by atoms with Gasteiger partial charge in [0.25, 0.3) is 0 Å². The number of aryl methyl sites for hydroxylation is 1. The van der Waals surface area contributed by atoms with Crippen LogP contribution in [-0.4, -0.2) is 46.3 Å². The van der Waals surface area contributed by atoms with Crippen LogP contribution < -0.4 is 5.32 Å². The van der Waals surface area contributed by atoms with E-state index in [4.69, 9.17) is 4.74 Å². The van der Waals surface area contributed by atoms with Gasteiger partial charge >= 0.3 is 5.97 Å². The summed E-state index contributed by atoms with van der Waals surface area (Å²) < 4.78 is 4.98. The van der Waals surface area contributed by atoms with E-state index in [2.05, 4.69) is 10.3 Å². The van der Waals surface area contributed by atoms with Crippen molar-refractivity contribution in [1.82, 2.24) is 4.90 Å². The molecule has 1 saturated heterocycles. The van der Waals surface area contributed by atoms with Crippen LogP contribution in [0.15, 0.2) is 53.5 Å². The van der Waals surface area contributed by atoms with Gasteiger partial charge in [-0.05, 0) is 62.7 Å². The van der Waals surface area contributed by atoms with Crippen LogP contribution >= 0.6 is 11.8 Å². The van der Waals surface area contributed by atoms with Crippen molar-refractivity contribution in [3.05, 3.63) is 59.7 Å². The summed E-state index contributed by atoms with van der Waals surface area (Å²) in [5, 5.41) is 2.87. The van der Waals surface area contributed by atoms with Crippen LogP contribution in [0.4, 0.5) is 11.4 Å². The summed E-state index contributed by atoms with van der Waals surface area (Å²) in [5.41, 5.74) is 2.82. The van der Waals surface area contributed by atoms with Crippen LogP contribution in [-0.2, 0) is 14.3 Å². The number of thioether (sulfide) groups is 1. The highest BCUT2D eigenvalue weighted by atomic mass is 32.2. The molecule has 0 radical (unpaired) electrons. The Morgan fingerprint density at radius 2 is 1.90 bits per heavy atom. The Labute approximate surface area is 185 Å². The predicted molar refractivity (Wildman–Crippen MR) is 123 cm³/mol. The van der Waals surface area contributed by atoms with Crippen molar-refractivity contribution in [2.24, 2.45) is 4.99 Å². The molecule has 0 aromatic heterocycles. The first-order valence-corrected chi connectivity index (χ1v) is 11.0. The number of carbonyl (C=O) groups excluding carboxylic acids is 3. The molecule has 1 fully saturated rings. The SMILES string of the molecule is CCOC(=O)c1ccc(N=C2S[C@@H](CC(=O)Nc3cccc(C)c3)C(=O)N2CC)cc1. The fourth-order valence-corrected chi connectivity index (χ4v) is 4.34. The number of nitrogens with one attached hydrogen (secondary N) is 1. The lowest BCUT2D eigenvalue weighted by Gasteiger charge is -2.13. The zero-order valence-corrected chi connectivity index (χ0v) is 18.6. The Morgan fingerprint density at radius 3 is 2.55 bits per heavy atom. The molecule has 1 aliphatic heterocycles. The second-order valence-corrected chi connectivity index (χ2v) is 8.14. The van der Waals surface area contributed by atoms with Crippen LogP contribution in [0.3, 0.4) is 0 Å². The van der Waals surface area contributed by atoms with Crippen molar-refractivity contribution in [2.75, 3.05) is 18.5 Å². The zero-order valence-electron chi connectivity index (χ0n) is 17.8. The largest absolute Gasteiger partial charge is 0.462 e. The summed E-state index contributed by atoms with van der Waals surface area (Å²) in [7, 11) is 0. The maximum absolute atomic E-state index is 12.8. The van der Waals surface area contributed by atoms with Gasteiger partial charge in [0.1, 0.15) is 5.25 Å². The fraction of sp³-hybridized carbons (Fsp3) is 0.304. The standard InChI is InChI=1S/C23H25N3O4S/c1-4-26-21(28)19(14-20(27)24-18-8-6-7-15(3)13-18)31-23(26)25-17-11-9-16(10-12-17)22(29)30-5-2/h6-13,19H,4-5,14H2,1-3H3,(H,24,27)/t19-/m0/s1. The minimum absolute atomic E-state index is 0.0642. The zero-order chi connectivity index (χ0) is 22.4. The minimum Gasteiger partial charge on any atom is -0.462 e. The normalized spacial score (nSPS) is 17.1. The molecule has 7 nitrogen and oxygen atoms in total. The van der Waals surface area contributed by atoms with Crippen molar-refractivity contribution >= 4 is 46.1 Å². The van der Waals surface area contributed by atoms with Gasteiger partial charge in [0.05, 0.1) is 17.9 Å². The van der Waals surface area contributed by atoms with Crippen molar-refractivity contribution in [3.63, 3.8) is 0 Å². The Kier molecular flexibility index (Phi) is 7.46. The molecular weight excluding hydrogens is 414 g/mol. The molecule has 162 valence electrons. The molecule has 0 unspecified atom stereocenters. The topological polar surface area (TPSA) is 88.1 Å². The van der Waals surface area contributed by atoms with Gasteiger partial charge in [0.15, 0.2) is 5.17 Å². The van der Waals surface area contributed by atoms with Gasteiger partial charge in [-0.25, -0.2) is 9.79 Å². The molecule has 1 heterocycles. The first kappa shape index (κ1) is 22.6. The van der Waals surface area contributed by atoms with E-state index in [0.717, 1.165) is 5.56 Å². The molecule has 0 bridgehead atoms. The van der Waals surface area contributed by atoms with Gasteiger partial charge in [0, 0.05) is 18.7 Å². The number of ether oxygens (including phenoxy) is 1. The highest BCUT2D eigenvalue weighted by Crippen LogP contribution is 2.31. The lowest BCUT2D eigenvalue weighted by atomic mass is 10.2. The number of aliphatic imine (C=N–C) groups is 1. The Balaban J connectivity index is 1.69. The summed E-state index contributed by atoms with van der Waals surface area (Å²) in [6.45, 7) is 6.34. The number of anilines is 1. The van der Waals surface area contributed by atoms with Gasteiger partial charge in [-0.3, -0.25) is 14.5 Å².